The molecular formula is C25H29N3O4. The zero-order chi connectivity index (χ0) is 22.8. The molecule has 3 aromatic rings. The van der Waals surface area contributed by atoms with Crippen LogP contribution in [0.5, 0.6) is 5.75 Å². The number of methoxy groups -OCH3 is 1. The molecule has 7 nitrogen and oxygen atoms in total. The van der Waals surface area contributed by atoms with E-state index in [1.54, 1.807) is 26.2 Å². The van der Waals surface area contributed by atoms with Gasteiger partial charge in [0.25, 0.3) is 0 Å². The summed E-state index contributed by atoms with van der Waals surface area (Å²) in [6, 6.07) is 11.1. The fraction of sp³-hybridized carbons (Fsp3) is 0.360. The lowest BCUT2D eigenvalue weighted by molar-refractivity contribution is -0.129. The number of hydrogen-bond donors (Lipinski definition) is 2. The van der Waals surface area contributed by atoms with Gasteiger partial charge in [0.1, 0.15) is 5.75 Å². The first-order valence-corrected chi connectivity index (χ1v) is 10.9. The first-order valence-electron chi connectivity index (χ1n) is 10.9. The van der Waals surface area contributed by atoms with Crippen molar-refractivity contribution in [3.63, 3.8) is 0 Å². The maximum absolute atomic E-state index is 12.2. The van der Waals surface area contributed by atoms with E-state index in [-0.39, 0.29) is 17.5 Å². The molecule has 1 saturated heterocycles. The van der Waals surface area contributed by atoms with Gasteiger partial charge in [-0.3, -0.25) is 9.69 Å². The van der Waals surface area contributed by atoms with Crippen LogP contribution in [0.4, 0.5) is 0 Å². The molecule has 32 heavy (non-hydrogen) atoms. The molecule has 0 unspecified atom stereocenters. The van der Waals surface area contributed by atoms with E-state index in [4.69, 9.17) is 4.74 Å². The van der Waals surface area contributed by atoms with E-state index in [1.807, 2.05) is 23.2 Å². The predicted molar refractivity (Wildman–Crippen MR) is 123 cm³/mol. The molecule has 2 N–H and O–H groups in total. The first kappa shape index (κ1) is 21.9. The zero-order valence-corrected chi connectivity index (χ0v) is 18.7. The summed E-state index contributed by atoms with van der Waals surface area (Å²) in [4.78, 5) is 31.1. The number of fused-ring (bicyclic) bond motifs is 1. The van der Waals surface area contributed by atoms with Crippen LogP contribution in [0.3, 0.4) is 0 Å². The molecule has 2 heterocycles. The normalized spacial score (nSPS) is 17.3. The highest BCUT2D eigenvalue weighted by molar-refractivity contribution is 5.88. The van der Waals surface area contributed by atoms with Crippen molar-refractivity contribution in [2.24, 2.45) is 0 Å². The molecule has 0 saturated carbocycles. The lowest BCUT2D eigenvalue weighted by Gasteiger charge is -2.32. The third-order valence-electron chi connectivity index (χ3n) is 6.39. The minimum absolute atomic E-state index is 0.0516. The van der Waals surface area contributed by atoms with Crippen molar-refractivity contribution in [3.05, 3.63) is 64.8 Å². The van der Waals surface area contributed by atoms with Crippen molar-refractivity contribution in [2.75, 3.05) is 26.7 Å². The number of nitrogens with one attached hydrogen (secondary N) is 1. The fourth-order valence-corrected chi connectivity index (χ4v) is 4.66. The number of benzene rings is 2. The van der Waals surface area contributed by atoms with E-state index in [0.717, 1.165) is 46.3 Å². The minimum atomic E-state index is -0.945. The molecule has 1 aromatic heterocycles. The highest BCUT2D eigenvalue weighted by Gasteiger charge is 2.29. The summed E-state index contributed by atoms with van der Waals surface area (Å²) in [6.45, 7) is 6.42. The van der Waals surface area contributed by atoms with Crippen molar-refractivity contribution in [3.8, 4) is 5.75 Å². The minimum Gasteiger partial charge on any atom is -0.496 e. The molecular weight excluding hydrogens is 406 g/mol. The van der Waals surface area contributed by atoms with Gasteiger partial charge in [-0.2, -0.15) is 0 Å². The number of H-pyrrole nitrogens is 1. The highest BCUT2D eigenvalue weighted by atomic mass is 16.5. The summed E-state index contributed by atoms with van der Waals surface area (Å²) in [6.07, 6.45) is 2.82. The van der Waals surface area contributed by atoms with E-state index in [2.05, 4.69) is 28.9 Å². The molecule has 0 aliphatic carbocycles. The van der Waals surface area contributed by atoms with Crippen LogP contribution < -0.4 is 4.74 Å². The van der Waals surface area contributed by atoms with Crippen LogP contribution in [0.1, 0.15) is 46.4 Å². The summed E-state index contributed by atoms with van der Waals surface area (Å²) in [7, 11) is 1.69. The summed E-state index contributed by atoms with van der Waals surface area (Å²) in [5.41, 5.74) is 4.59. The Morgan fingerprint density at radius 2 is 1.94 bits per heavy atom. The Morgan fingerprint density at radius 3 is 2.59 bits per heavy atom. The number of amides is 1. The second kappa shape index (κ2) is 9.04. The molecule has 7 heteroatoms. The second-order valence-electron chi connectivity index (χ2n) is 8.37. The van der Waals surface area contributed by atoms with Crippen LogP contribution in [0, 0.1) is 6.92 Å². The number of hydrogen-bond acceptors (Lipinski definition) is 4. The van der Waals surface area contributed by atoms with Crippen LogP contribution >= 0.6 is 0 Å². The number of carbonyl (C=O) groups is 2. The molecule has 168 valence electrons. The smallest absolute Gasteiger partial charge is 0.335 e. The largest absolute Gasteiger partial charge is 0.496 e. The van der Waals surface area contributed by atoms with E-state index in [0.29, 0.717) is 19.6 Å². The Bertz CT molecular complexity index is 1140. The van der Waals surface area contributed by atoms with Gasteiger partial charge in [-0.05, 0) is 48.7 Å². The van der Waals surface area contributed by atoms with Gasteiger partial charge in [-0.1, -0.05) is 12.1 Å². The Balaban J connectivity index is 1.74. The van der Waals surface area contributed by atoms with E-state index in [9.17, 15) is 14.7 Å². The molecule has 1 fully saturated rings. The number of aryl methyl sites for hydroxylation is 1. The molecule has 2 aromatic carbocycles. The van der Waals surface area contributed by atoms with Crippen LogP contribution in [-0.2, 0) is 11.3 Å². The number of aromatic amines is 1. The van der Waals surface area contributed by atoms with Gasteiger partial charge < -0.3 is 19.7 Å². The van der Waals surface area contributed by atoms with Gasteiger partial charge in [0.15, 0.2) is 0 Å². The molecule has 0 radical (unpaired) electrons. The van der Waals surface area contributed by atoms with Gasteiger partial charge in [-0.25, -0.2) is 4.79 Å². The lowest BCUT2D eigenvalue weighted by Crippen LogP contribution is -2.36. The van der Waals surface area contributed by atoms with E-state index < -0.39 is 5.97 Å². The molecule has 1 atom stereocenters. The van der Waals surface area contributed by atoms with Crippen LogP contribution in [0.25, 0.3) is 10.9 Å². The summed E-state index contributed by atoms with van der Waals surface area (Å²) >= 11 is 0. The van der Waals surface area contributed by atoms with Crippen LogP contribution in [0.2, 0.25) is 0 Å². The predicted octanol–water partition coefficient (Wildman–Crippen LogP) is 3.98. The number of carbonyl (C=O) groups excluding carboxylic acids is 1. The third kappa shape index (κ3) is 4.21. The first-order chi connectivity index (χ1) is 15.4. The van der Waals surface area contributed by atoms with Crippen molar-refractivity contribution in [1.29, 1.82) is 0 Å². The molecule has 0 spiro atoms. The fourth-order valence-electron chi connectivity index (χ4n) is 4.66. The Morgan fingerprint density at radius 1 is 1.19 bits per heavy atom. The number of nitrogens with zero attached hydrogens (tertiary/aromatic N) is 2. The molecule has 0 bridgehead atoms. The number of carboxylic acids is 1. The van der Waals surface area contributed by atoms with Gasteiger partial charge >= 0.3 is 5.97 Å². The Hall–Kier alpha value is -3.32. The number of carboxylic acid groups (broad SMARTS) is 1. The molecule has 4 rings (SSSR count). The number of aromatic nitrogens is 1. The maximum Gasteiger partial charge on any atom is 0.335 e. The average molecular weight is 436 g/mol. The van der Waals surface area contributed by atoms with Crippen LogP contribution in [0.15, 0.2) is 42.6 Å². The van der Waals surface area contributed by atoms with Crippen molar-refractivity contribution in [1.82, 2.24) is 14.8 Å². The zero-order valence-electron chi connectivity index (χ0n) is 18.7. The van der Waals surface area contributed by atoms with Gasteiger partial charge in [0.2, 0.25) is 5.91 Å². The van der Waals surface area contributed by atoms with Gasteiger partial charge in [-0.15, -0.1) is 0 Å². The van der Waals surface area contributed by atoms with Gasteiger partial charge in [0.05, 0.1) is 18.7 Å². The Labute approximate surface area is 187 Å². The average Bonchev–Trinajstić information content (AvgIpc) is 3.18. The summed E-state index contributed by atoms with van der Waals surface area (Å²) < 4.78 is 5.75. The standard InChI is InChI=1S/C25H29N3O4/c1-16-13-23(32-3)21(20-9-10-26-24(16)20)14-28-12-4-11-27(17(2)29)15-22(28)18-5-7-19(8-6-18)25(30)31/h5-10,13,22,26H,4,11-12,14-15H2,1-3H3,(H,30,31)/t22-/m0/s1. The summed E-state index contributed by atoms with van der Waals surface area (Å²) in [5, 5.41) is 10.4. The number of ether oxygens (including phenoxy) is 1. The SMILES string of the molecule is COc1cc(C)c2[nH]ccc2c1CN1CCCN(C(C)=O)C[C@H]1c1ccc(C(=O)O)cc1. The van der Waals surface area contributed by atoms with Crippen LogP contribution in [-0.4, -0.2) is 58.5 Å². The monoisotopic (exact) mass is 435 g/mol. The maximum atomic E-state index is 12.2. The molecule has 1 aliphatic heterocycles. The second-order valence-corrected chi connectivity index (χ2v) is 8.37. The molecule has 1 aliphatic rings. The quantitative estimate of drug-likeness (QED) is 0.633. The lowest BCUT2D eigenvalue weighted by atomic mass is 10.00. The number of rotatable bonds is 5. The van der Waals surface area contributed by atoms with Gasteiger partial charge in [0, 0.05) is 55.8 Å². The highest BCUT2D eigenvalue weighted by Crippen LogP contribution is 2.35. The topological polar surface area (TPSA) is 85.9 Å². The van der Waals surface area contributed by atoms with Crippen molar-refractivity contribution >= 4 is 22.8 Å². The summed E-state index contributed by atoms with van der Waals surface area (Å²) in [5.74, 6) is -0.0407. The van der Waals surface area contributed by atoms with E-state index >= 15 is 0 Å². The number of aromatic carboxylic acids is 1. The Kier molecular flexibility index (Phi) is 6.19. The van der Waals surface area contributed by atoms with Crippen molar-refractivity contribution in [2.45, 2.75) is 32.9 Å². The molecule has 1 amide bonds. The van der Waals surface area contributed by atoms with Crippen molar-refractivity contribution < 1.29 is 19.4 Å². The van der Waals surface area contributed by atoms with E-state index in [1.165, 1.54) is 0 Å². The third-order valence-corrected chi connectivity index (χ3v) is 6.39.